The van der Waals surface area contributed by atoms with Crippen molar-refractivity contribution in [2.24, 2.45) is 46.8 Å². The van der Waals surface area contributed by atoms with Crippen LogP contribution in [0, 0.1) is 46.8 Å². The van der Waals surface area contributed by atoms with Crippen molar-refractivity contribution < 1.29 is 19.4 Å². The normalized spacial score (nSPS) is 43.1. The van der Waals surface area contributed by atoms with Gasteiger partial charge in [-0.15, -0.1) is 0 Å². The number of rotatable bonds is 2. The Balaban J connectivity index is 1.61. The predicted molar refractivity (Wildman–Crippen MR) is 152 cm³/mol. The van der Waals surface area contributed by atoms with Crippen LogP contribution in [0.15, 0.2) is 71.9 Å². The van der Waals surface area contributed by atoms with Crippen molar-refractivity contribution in [3.8, 4) is 5.75 Å². The summed E-state index contributed by atoms with van der Waals surface area (Å²) >= 11 is 0. The fourth-order valence-electron chi connectivity index (χ4n) is 9.26. The molecule has 5 heteroatoms. The molecule has 3 aliphatic heterocycles. The van der Waals surface area contributed by atoms with Crippen LogP contribution in [-0.2, 0) is 16.0 Å². The predicted octanol–water partition coefficient (Wildman–Crippen LogP) is 5.56. The number of ether oxygens (including phenoxy) is 1. The highest BCUT2D eigenvalue weighted by atomic mass is 16.5. The molecule has 39 heavy (non-hydrogen) atoms. The van der Waals surface area contributed by atoms with Gasteiger partial charge in [-0.05, 0) is 74.1 Å². The number of hydrogen-bond donors (Lipinski definition) is 2. The van der Waals surface area contributed by atoms with E-state index in [1.165, 1.54) is 11.6 Å². The molecule has 5 nitrogen and oxygen atoms in total. The van der Waals surface area contributed by atoms with Crippen LogP contribution in [-0.4, -0.2) is 28.6 Å². The van der Waals surface area contributed by atoms with Gasteiger partial charge in [0.15, 0.2) is 11.5 Å². The lowest BCUT2D eigenvalue weighted by Gasteiger charge is -2.46. The van der Waals surface area contributed by atoms with Crippen molar-refractivity contribution in [2.75, 3.05) is 0 Å². The minimum absolute atomic E-state index is 0.0649. The van der Waals surface area contributed by atoms with Crippen molar-refractivity contribution in [1.82, 2.24) is 5.32 Å². The molecule has 7 rings (SSSR count). The summed E-state index contributed by atoms with van der Waals surface area (Å²) in [5, 5.41) is 14.1. The number of carbonyl (C=O) groups excluding carboxylic acids is 2. The lowest BCUT2D eigenvalue weighted by Crippen LogP contribution is -2.49. The number of hydrogen-bond acceptors (Lipinski definition) is 4. The maximum Gasteiger partial charge on any atom is 0.257 e. The second-order valence-corrected chi connectivity index (χ2v) is 13.4. The molecular formula is C34H41NO4. The first-order valence-corrected chi connectivity index (χ1v) is 14.5. The van der Waals surface area contributed by atoms with E-state index >= 15 is 0 Å². The molecule has 2 N–H and O–H groups in total. The Kier molecular flexibility index (Phi) is 6.11. The second-order valence-electron chi connectivity index (χ2n) is 13.4. The second kappa shape index (κ2) is 9.05. The molecule has 0 aromatic heterocycles. The standard InChI is InChI=1S/C34H41NO4/c1-7-18(2)14-33(6)15-21(5)26-24-13-19(3)12-20(4)27(24)31-28(26)29(33)30(36)25-17-34(38,35-32(25)37)16-22-8-10-23(39-31)11-9-22/h7-11,14-15,17,19-20,24,26-29,31,38H,1,12-13,16H2,2-6H3,(H,35,37)/b18-14-/t19-,20+,24+,26+,27-,28+,29+,31-,33+,34-/m0/s1. The summed E-state index contributed by atoms with van der Waals surface area (Å²) in [4.78, 5) is 28.0. The van der Waals surface area contributed by atoms with Gasteiger partial charge >= 0.3 is 0 Å². The van der Waals surface area contributed by atoms with Gasteiger partial charge in [0.1, 0.15) is 11.9 Å². The molecule has 2 saturated carbocycles. The van der Waals surface area contributed by atoms with E-state index in [1.54, 1.807) is 0 Å². The summed E-state index contributed by atoms with van der Waals surface area (Å²) in [5.41, 5.74) is 0.978. The number of aliphatic hydroxyl groups is 1. The molecule has 3 heterocycles. The molecule has 0 unspecified atom stereocenters. The Morgan fingerprint density at radius 2 is 1.85 bits per heavy atom. The van der Waals surface area contributed by atoms with Gasteiger partial charge in [-0.2, -0.15) is 0 Å². The topological polar surface area (TPSA) is 75.6 Å². The fourth-order valence-corrected chi connectivity index (χ4v) is 9.26. The summed E-state index contributed by atoms with van der Waals surface area (Å²) in [6, 6.07) is 7.84. The quantitative estimate of drug-likeness (QED) is 0.300. The minimum Gasteiger partial charge on any atom is -0.490 e. The maximum atomic E-state index is 14.7. The average molecular weight is 528 g/mol. The molecule has 206 valence electrons. The number of Topliss-reactive ketones (excluding diaryl/α,β-unsaturated/α-hetero) is 1. The Morgan fingerprint density at radius 3 is 2.54 bits per heavy atom. The average Bonchev–Trinajstić information content (AvgIpc) is 3.33. The van der Waals surface area contributed by atoms with Crippen molar-refractivity contribution in [1.29, 1.82) is 0 Å². The first-order chi connectivity index (χ1) is 18.4. The summed E-state index contributed by atoms with van der Waals surface area (Å²) in [7, 11) is 0. The number of ketones is 1. The monoisotopic (exact) mass is 527 g/mol. The molecule has 3 aliphatic carbocycles. The molecule has 4 bridgehead atoms. The molecule has 6 aliphatic rings. The minimum atomic E-state index is -1.60. The van der Waals surface area contributed by atoms with E-state index in [1.807, 2.05) is 37.3 Å². The largest absolute Gasteiger partial charge is 0.490 e. The maximum absolute atomic E-state index is 14.7. The van der Waals surface area contributed by atoms with Crippen LogP contribution in [0.4, 0.5) is 0 Å². The number of amides is 1. The number of nitrogens with one attached hydrogen (secondary N) is 1. The summed E-state index contributed by atoms with van der Waals surface area (Å²) < 4.78 is 6.97. The summed E-state index contributed by atoms with van der Waals surface area (Å²) in [6.45, 7) is 15.0. The van der Waals surface area contributed by atoms with E-state index in [0.29, 0.717) is 23.7 Å². The van der Waals surface area contributed by atoms with E-state index in [9.17, 15) is 14.7 Å². The number of fused-ring (bicyclic) bond motifs is 4. The highest BCUT2D eigenvalue weighted by Gasteiger charge is 2.63. The van der Waals surface area contributed by atoms with Gasteiger partial charge in [-0.25, -0.2) is 0 Å². The molecule has 2 fully saturated rings. The van der Waals surface area contributed by atoms with Gasteiger partial charge < -0.3 is 15.2 Å². The highest BCUT2D eigenvalue weighted by Crippen LogP contribution is 2.63. The zero-order chi connectivity index (χ0) is 27.9. The van der Waals surface area contributed by atoms with Crippen molar-refractivity contribution >= 4 is 11.7 Å². The van der Waals surface area contributed by atoms with Crippen LogP contribution in [0.25, 0.3) is 0 Å². The van der Waals surface area contributed by atoms with E-state index in [2.05, 4.69) is 51.7 Å². The number of allylic oxidation sites excluding steroid dienone is 5. The van der Waals surface area contributed by atoms with E-state index in [4.69, 9.17) is 4.74 Å². The Labute approximate surface area is 232 Å². The third-order valence-corrected chi connectivity index (χ3v) is 10.4. The van der Waals surface area contributed by atoms with Crippen LogP contribution >= 0.6 is 0 Å². The van der Waals surface area contributed by atoms with Crippen molar-refractivity contribution in [3.05, 3.63) is 77.4 Å². The fraction of sp³-hybridized carbons (Fsp3) is 0.529. The Bertz CT molecular complexity index is 1320. The van der Waals surface area contributed by atoms with Crippen LogP contribution in [0.5, 0.6) is 5.75 Å². The summed E-state index contributed by atoms with van der Waals surface area (Å²) in [6.07, 6.45) is 9.98. The van der Waals surface area contributed by atoms with E-state index in [0.717, 1.165) is 29.7 Å². The number of carbonyl (C=O) groups is 2. The smallest absolute Gasteiger partial charge is 0.257 e. The zero-order valence-corrected chi connectivity index (χ0v) is 23.7. The van der Waals surface area contributed by atoms with Gasteiger partial charge in [0.25, 0.3) is 5.91 Å². The molecule has 1 amide bonds. The number of benzene rings is 1. The van der Waals surface area contributed by atoms with E-state index < -0.39 is 23.0 Å². The molecule has 1 aromatic carbocycles. The van der Waals surface area contributed by atoms with Crippen molar-refractivity contribution in [3.63, 3.8) is 0 Å². The molecule has 10 atom stereocenters. The Hall–Kier alpha value is -2.92. The molecular weight excluding hydrogens is 486 g/mol. The Morgan fingerprint density at radius 1 is 1.13 bits per heavy atom. The van der Waals surface area contributed by atoms with Gasteiger partial charge in [-0.1, -0.05) is 68.9 Å². The first-order valence-electron chi connectivity index (χ1n) is 14.5. The third kappa shape index (κ3) is 4.16. The van der Waals surface area contributed by atoms with Crippen LogP contribution in [0.2, 0.25) is 0 Å². The SMILES string of the molecule is C=C/C(C)=C\[C@]1(C)C=C(C)[C@@H]2[C@H]3C[C@@H](C)C[C@@H](C)[C@@H]3[C@@H]3Oc4ccc(cc4)C[C@]4(O)C=C(C(=O)N4)C(=O)[C@H]1[C@H]32. The summed E-state index contributed by atoms with van der Waals surface area (Å²) in [5.74, 6) is 1.47. The van der Waals surface area contributed by atoms with Gasteiger partial charge in [0.05, 0.1) is 5.57 Å². The lowest BCUT2D eigenvalue weighted by molar-refractivity contribution is -0.129. The van der Waals surface area contributed by atoms with Gasteiger partial charge in [0.2, 0.25) is 0 Å². The van der Waals surface area contributed by atoms with E-state index in [-0.39, 0.29) is 35.7 Å². The first kappa shape index (κ1) is 26.3. The molecule has 0 radical (unpaired) electrons. The van der Waals surface area contributed by atoms with Gasteiger partial charge in [-0.3, -0.25) is 9.59 Å². The molecule has 0 saturated heterocycles. The van der Waals surface area contributed by atoms with Gasteiger partial charge in [0, 0.05) is 29.6 Å². The lowest BCUT2D eigenvalue weighted by atomic mass is 9.57. The van der Waals surface area contributed by atoms with Crippen LogP contribution in [0.1, 0.15) is 53.0 Å². The molecule has 1 aromatic rings. The zero-order valence-electron chi connectivity index (χ0n) is 23.7. The third-order valence-electron chi connectivity index (χ3n) is 10.4. The molecule has 0 spiro atoms. The van der Waals surface area contributed by atoms with Crippen LogP contribution in [0.3, 0.4) is 0 Å². The highest BCUT2D eigenvalue weighted by molar-refractivity contribution is 6.22. The van der Waals surface area contributed by atoms with Crippen LogP contribution < -0.4 is 10.1 Å². The van der Waals surface area contributed by atoms with Crippen molar-refractivity contribution in [2.45, 2.75) is 65.7 Å².